The zero-order valence-corrected chi connectivity index (χ0v) is 17.1. The minimum absolute atomic E-state index is 0.0456. The molecule has 12 heteroatoms. The second-order valence-corrected chi connectivity index (χ2v) is 6.92. The molecule has 0 spiro atoms. The first-order valence-electron chi connectivity index (χ1n) is 9.69. The van der Waals surface area contributed by atoms with E-state index in [0.29, 0.717) is 5.56 Å². The quantitative estimate of drug-likeness (QED) is 0.407. The summed E-state index contributed by atoms with van der Waals surface area (Å²) in [6, 6.07) is 15.2. The zero-order chi connectivity index (χ0) is 24.3. The molecule has 0 aliphatic rings. The monoisotopic (exact) mass is 469 g/mol. The van der Waals surface area contributed by atoms with Crippen LogP contribution in [0, 0.1) is 11.3 Å². The van der Waals surface area contributed by atoms with Gasteiger partial charge in [0.2, 0.25) is 11.6 Å². The van der Waals surface area contributed by atoms with Gasteiger partial charge in [-0.2, -0.15) is 23.4 Å². The number of hydrogen-bond acceptors (Lipinski definition) is 8. The van der Waals surface area contributed by atoms with Gasteiger partial charge in [-0.3, -0.25) is 4.79 Å². The average Bonchev–Trinajstić information content (AvgIpc) is 3.50. The van der Waals surface area contributed by atoms with E-state index >= 15 is 0 Å². The molecular formula is C22H14F3N5O4. The van der Waals surface area contributed by atoms with E-state index in [2.05, 4.69) is 20.6 Å². The van der Waals surface area contributed by atoms with Crippen molar-refractivity contribution in [2.45, 2.75) is 12.3 Å². The van der Waals surface area contributed by atoms with Crippen molar-refractivity contribution in [3.8, 4) is 40.4 Å². The molecule has 1 unspecified atom stereocenters. The number of carbonyl (C=O) groups excluding carboxylic acids is 1. The molecule has 0 aliphatic heterocycles. The highest BCUT2D eigenvalue weighted by Gasteiger charge is 2.42. The number of nitrogens with one attached hydrogen (secondary N) is 1. The van der Waals surface area contributed by atoms with Crippen LogP contribution >= 0.6 is 0 Å². The summed E-state index contributed by atoms with van der Waals surface area (Å²) in [4.78, 5) is 15.8. The molecule has 2 heterocycles. The molecule has 0 saturated carbocycles. The van der Waals surface area contributed by atoms with Crippen molar-refractivity contribution < 1.29 is 32.1 Å². The van der Waals surface area contributed by atoms with Crippen molar-refractivity contribution in [1.82, 2.24) is 20.6 Å². The molecule has 4 aromatic rings. The van der Waals surface area contributed by atoms with E-state index in [1.807, 2.05) is 0 Å². The third kappa shape index (κ3) is 4.50. The molecule has 172 valence electrons. The Hall–Kier alpha value is -4.50. The van der Waals surface area contributed by atoms with Gasteiger partial charge < -0.3 is 19.5 Å². The third-order valence-corrected chi connectivity index (χ3v) is 4.72. The van der Waals surface area contributed by atoms with E-state index in [1.165, 1.54) is 36.4 Å². The van der Waals surface area contributed by atoms with E-state index in [1.54, 1.807) is 24.3 Å². The van der Waals surface area contributed by atoms with E-state index in [-0.39, 0.29) is 23.5 Å². The number of halogens is 3. The highest BCUT2D eigenvalue weighted by molar-refractivity contribution is 5.82. The van der Waals surface area contributed by atoms with Crippen molar-refractivity contribution >= 4 is 5.91 Å². The standard InChI is InChI=1S/C22H14F3N5O4/c23-22(24,25)15-16(12-4-2-1-3-5-12)29-33-18(15)21-28-19(30-34-21)14-8-6-13(7-9-14)17(31)20(32)27-11-10-26/h1-9,17,31H,11H2,(H,27,32). The molecule has 0 saturated heterocycles. The smallest absolute Gasteiger partial charge is 0.378 e. The molecular weight excluding hydrogens is 455 g/mol. The van der Waals surface area contributed by atoms with Gasteiger partial charge in [0.25, 0.3) is 11.8 Å². The Morgan fingerprint density at radius 3 is 2.41 bits per heavy atom. The number of carbonyl (C=O) groups is 1. The van der Waals surface area contributed by atoms with E-state index in [0.717, 1.165) is 0 Å². The molecule has 0 bridgehead atoms. The Kier molecular flexibility index (Phi) is 6.11. The van der Waals surface area contributed by atoms with Gasteiger partial charge in [0, 0.05) is 11.1 Å². The van der Waals surface area contributed by atoms with Gasteiger partial charge >= 0.3 is 6.18 Å². The Labute approximate surface area is 189 Å². The van der Waals surface area contributed by atoms with Crippen LogP contribution in [0.5, 0.6) is 0 Å². The fourth-order valence-electron chi connectivity index (χ4n) is 3.11. The molecule has 1 amide bonds. The lowest BCUT2D eigenvalue weighted by Gasteiger charge is -2.10. The number of aliphatic hydroxyl groups excluding tert-OH is 1. The van der Waals surface area contributed by atoms with Crippen LogP contribution in [0.25, 0.3) is 34.3 Å². The summed E-state index contributed by atoms with van der Waals surface area (Å²) in [5.74, 6) is -2.03. The van der Waals surface area contributed by atoms with Gasteiger partial charge in [-0.15, -0.1) is 0 Å². The van der Waals surface area contributed by atoms with E-state index in [4.69, 9.17) is 14.3 Å². The predicted octanol–water partition coefficient (Wildman–Crippen LogP) is 3.75. The summed E-state index contributed by atoms with van der Waals surface area (Å²) < 4.78 is 51.5. The highest BCUT2D eigenvalue weighted by atomic mass is 19.4. The van der Waals surface area contributed by atoms with Crippen molar-refractivity contribution in [3.05, 3.63) is 65.7 Å². The number of benzene rings is 2. The maximum atomic E-state index is 13.8. The molecule has 34 heavy (non-hydrogen) atoms. The van der Waals surface area contributed by atoms with Crippen molar-refractivity contribution in [3.63, 3.8) is 0 Å². The summed E-state index contributed by atoms with van der Waals surface area (Å²) in [7, 11) is 0. The first-order valence-corrected chi connectivity index (χ1v) is 9.69. The first-order chi connectivity index (χ1) is 16.3. The fraction of sp³-hybridized carbons (Fsp3) is 0.136. The first kappa shape index (κ1) is 22.7. The largest absolute Gasteiger partial charge is 0.422 e. The molecule has 2 aromatic heterocycles. The van der Waals surface area contributed by atoms with Crippen LogP contribution in [-0.4, -0.2) is 32.9 Å². The van der Waals surface area contributed by atoms with Gasteiger partial charge in [-0.05, 0) is 5.56 Å². The number of aromatic nitrogens is 3. The lowest BCUT2D eigenvalue weighted by Crippen LogP contribution is -2.29. The molecule has 0 aliphatic carbocycles. The number of nitrogens with zero attached hydrogens (tertiary/aromatic N) is 4. The normalized spacial score (nSPS) is 12.2. The minimum Gasteiger partial charge on any atom is -0.378 e. The SMILES string of the molecule is N#CCNC(=O)C(O)c1ccc(-c2noc(-c3onc(-c4ccccc4)c3C(F)(F)F)n2)cc1. The van der Waals surface area contributed by atoms with E-state index in [9.17, 15) is 23.1 Å². The number of nitriles is 1. The van der Waals surface area contributed by atoms with Gasteiger partial charge in [0.1, 0.15) is 17.8 Å². The summed E-state index contributed by atoms with van der Waals surface area (Å²) >= 11 is 0. The molecule has 2 N–H and O–H groups in total. The topological polar surface area (TPSA) is 138 Å². The lowest BCUT2D eigenvalue weighted by molar-refractivity contribution is -0.137. The number of alkyl halides is 3. The number of aliphatic hydroxyl groups is 1. The van der Waals surface area contributed by atoms with Gasteiger partial charge in [0.15, 0.2) is 6.10 Å². The van der Waals surface area contributed by atoms with Crippen molar-refractivity contribution in [2.75, 3.05) is 6.54 Å². The zero-order valence-electron chi connectivity index (χ0n) is 17.1. The molecule has 2 aromatic carbocycles. The molecule has 9 nitrogen and oxygen atoms in total. The Morgan fingerprint density at radius 1 is 1.06 bits per heavy atom. The van der Waals surface area contributed by atoms with Crippen LogP contribution in [0.15, 0.2) is 63.6 Å². The summed E-state index contributed by atoms with van der Waals surface area (Å²) in [5.41, 5.74) is -0.770. The average molecular weight is 469 g/mol. The van der Waals surface area contributed by atoms with Crippen molar-refractivity contribution in [1.29, 1.82) is 5.26 Å². The predicted molar refractivity (Wildman–Crippen MR) is 109 cm³/mol. The van der Waals surface area contributed by atoms with Crippen LogP contribution in [-0.2, 0) is 11.0 Å². The summed E-state index contributed by atoms with van der Waals surface area (Å²) in [6.07, 6.45) is -6.32. The maximum absolute atomic E-state index is 13.8. The van der Waals surface area contributed by atoms with Crippen LogP contribution in [0.4, 0.5) is 13.2 Å². The number of rotatable bonds is 6. The molecule has 0 fully saturated rings. The second-order valence-electron chi connectivity index (χ2n) is 6.92. The van der Waals surface area contributed by atoms with Gasteiger partial charge in [-0.25, -0.2) is 0 Å². The summed E-state index contributed by atoms with van der Waals surface area (Å²) in [6.45, 7) is -0.257. The number of amides is 1. The van der Waals surface area contributed by atoms with Crippen LogP contribution < -0.4 is 5.32 Å². The number of hydrogen-bond donors (Lipinski definition) is 2. The minimum atomic E-state index is -4.81. The highest BCUT2D eigenvalue weighted by Crippen LogP contribution is 2.43. The van der Waals surface area contributed by atoms with Crippen LogP contribution in [0.3, 0.4) is 0 Å². The molecule has 1 atom stereocenters. The van der Waals surface area contributed by atoms with Gasteiger partial charge in [0.05, 0.1) is 6.07 Å². The van der Waals surface area contributed by atoms with Crippen LogP contribution in [0.2, 0.25) is 0 Å². The maximum Gasteiger partial charge on any atom is 0.422 e. The molecule has 4 rings (SSSR count). The molecule has 0 radical (unpaired) electrons. The third-order valence-electron chi connectivity index (χ3n) is 4.72. The Morgan fingerprint density at radius 2 is 1.76 bits per heavy atom. The van der Waals surface area contributed by atoms with Crippen LogP contribution in [0.1, 0.15) is 17.2 Å². The van der Waals surface area contributed by atoms with Crippen molar-refractivity contribution in [2.24, 2.45) is 0 Å². The summed E-state index contributed by atoms with van der Waals surface area (Å²) in [5, 5.41) is 28.0. The second kappa shape index (κ2) is 9.16. The Bertz CT molecular complexity index is 1340. The fourth-order valence-corrected chi connectivity index (χ4v) is 3.11. The van der Waals surface area contributed by atoms with E-state index < -0.39 is 41.1 Å². The van der Waals surface area contributed by atoms with Gasteiger partial charge in [-0.1, -0.05) is 64.9 Å². The Balaban J connectivity index is 1.63. The lowest BCUT2D eigenvalue weighted by atomic mass is 10.1.